The van der Waals surface area contributed by atoms with Crippen LogP contribution in [0.5, 0.6) is 5.75 Å². The van der Waals surface area contributed by atoms with Crippen LogP contribution < -0.4 is 15.4 Å². The van der Waals surface area contributed by atoms with E-state index in [0.29, 0.717) is 18.7 Å². The molecule has 2 aromatic carbocycles. The van der Waals surface area contributed by atoms with Crippen molar-refractivity contribution in [3.05, 3.63) is 59.9 Å². The van der Waals surface area contributed by atoms with E-state index in [2.05, 4.69) is 10.6 Å². The fourth-order valence-corrected chi connectivity index (χ4v) is 1.95. The van der Waals surface area contributed by atoms with Gasteiger partial charge in [-0.05, 0) is 42.3 Å². The normalized spacial score (nSPS) is 10.0. The topological polar surface area (TPSA) is 50.4 Å². The van der Waals surface area contributed by atoms with Crippen molar-refractivity contribution < 1.29 is 13.9 Å². The van der Waals surface area contributed by atoms with E-state index < -0.39 is 0 Å². The number of ether oxygens (including phenoxy) is 1. The van der Waals surface area contributed by atoms with Gasteiger partial charge in [0, 0.05) is 12.2 Å². The first-order valence-corrected chi connectivity index (χ1v) is 6.61. The number of carbonyl (C=O) groups is 1. The Balaban J connectivity index is 1.84. The summed E-state index contributed by atoms with van der Waals surface area (Å²) in [6, 6.07) is 13.2. The fraction of sp³-hybridized carbons (Fsp3) is 0.188. The highest BCUT2D eigenvalue weighted by molar-refractivity contribution is 5.89. The first-order valence-electron chi connectivity index (χ1n) is 6.61. The average molecular weight is 288 g/mol. The number of carbonyl (C=O) groups excluding carboxylic acids is 1. The predicted octanol–water partition coefficient (Wildman–Crippen LogP) is 3.20. The molecule has 0 saturated carbocycles. The molecule has 2 amide bonds. The average Bonchev–Trinajstić information content (AvgIpc) is 2.48. The molecule has 0 radical (unpaired) electrons. The molecule has 2 rings (SSSR count). The molecule has 0 aliphatic rings. The number of urea groups is 1. The third-order valence-corrected chi connectivity index (χ3v) is 2.95. The number of rotatable bonds is 5. The maximum absolute atomic E-state index is 13.2. The van der Waals surface area contributed by atoms with Crippen LogP contribution in [0.4, 0.5) is 14.9 Å². The van der Waals surface area contributed by atoms with Crippen LogP contribution in [0.25, 0.3) is 0 Å². The zero-order chi connectivity index (χ0) is 15.1. The van der Waals surface area contributed by atoms with Crippen molar-refractivity contribution in [1.29, 1.82) is 0 Å². The SMILES string of the molecule is COc1ccc(F)cc1CCNC(=O)Nc1ccccc1. The molecule has 0 bridgehead atoms. The lowest BCUT2D eigenvalue weighted by molar-refractivity contribution is 0.252. The van der Waals surface area contributed by atoms with Crippen LogP contribution in [-0.4, -0.2) is 19.7 Å². The summed E-state index contributed by atoms with van der Waals surface area (Å²) in [6.07, 6.45) is 0.489. The summed E-state index contributed by atoms with van der Waals surface area (Å²) in [4.78, 5) is 11.7. The van der Waals surface area contributed by atoms with Gasteiger partial charge >= 0.3 is 6.03 Å². The highest BCUT2D eigenvalue weighted by Gasteiger charge is 2.06. The van der Waals surface area contributed by atoms with Crippen molar-refractivity contribution in [2.45, 2.75) is 6.42 Å². The number of para-hydroxylation sites is 1. The number of nitrogens with one attached hydrogen (secondary N) is 2. The van der Waals surface area contributed by atoms with Gasteiger partial charge in [-0.15, -0.1) is 0 Å². The largest absolute Gasteiger partial charge is 0.496 e. The smallest absolute Gasteiger partial charge is 0.319 e. The monoisotopic (exact) mass is 288 g/mol. The highest BCUT2D eigenvalue weighted by atomic mass is 19.1. The lowest BCUT2D eigenvalue weighted by Gasteiger charge is -2.10. The number of hydrogen-bond acceptors (Lipinski definition) is 2. The highest BCUT2D eigenvalue weighted by Crippen LogP contribution is 2.19. The first kappa shape index (κ1) is 14.8. The Kier molecular flexibility index (Phi) is 5.15. The van der Waals surface area contributed by atoms with E-state index in [1.807, 2.05) is 18.2 Å². The van der Waals surface area contributed by atoms with Gasteiger partial charge in [-0.25, -0.2) is 9.18 Å². The minimum absolute atomic E-state index is 0.295. The molecule has 0 aliphatic heterocycles. The van der Waals surface area contributed by atoms with Crippen molar-refractivity contribution in [1.82, 2.24) is 5.32 Å². The van der Waals surface area contributed by atoms with Crippen molar-refractivity contribution in [3.8, 4) is 5.75 Å². The molecule has 0 saturated heterocycles. The van der Waals surface area contributed by atoms with Gasteiger partial charge in [0.25, 0.3) is 0 Å². The van der Waals surface area contributed by atoms with Gasteiger partial charge in [-0.1, -0.05) is 18.2 Å². The molecule has 0 aliphatic carbocycles. The van der Waals surface area contributed by atoms with Crippen molar-refractivity contribution >= 4 is 11.7 Å². The van der Waals surface area contributed by atoms with E-state index in [4.69, 9.17) is 4.74 Å². The number of hydrogen-bond donors (Lipinski definition) is 2. The molecule has 110 valence electrons. The third-order valence-electron chi connectivity index (χ3n) is 2.95. The molecule has 21 heavy (non-hydrogen) atoms. The van der Waals surface area contributed by atoms with Gasteiger partial charge in [0.15, 0.2) is 0 Å². The van der Waals surface area contributed by atoms with E-state index in [1.165, 1.54) is 19.2 Å². The summed E-state index contributed by atoms with van der Waals surface area (Å²) < 4.78 is 18.4. The molecule has 4 nitrogen and oxygen atoms in total. The lowest BCUT2D eigenvalue weighted by atomic mass is 10.1. The summed E-state index contributed by atoms with van der Waals surface area (Å²) in [5.74, 6) is 0.293. The van der Waals surface area contributed by atoms with Crippen LogP contribution in [-0.2, 0) is 6.42 Å². The second kappa shape index (κ2) is 7.28. The van der Waals surface area contributed by atoms with Crippen LogP contribution in [0, 0.1) is 5.82 Å². The van der Waals surface area contributed by atoms with E-state index in [9.17, 15) is 9.18 Å². The Bertz CT molecular complexity index is 602. The van der Waals surface area contributed by atoms with Crippen LogP contribution >= 0.6 is 0 Å². The quantitative estimate of drug-likeness (QED) is 0.887. The van der Waals surface area contributed by atoms with E-state index in [1.54, 1.807) is 18.2 Å². The van der Waals surface area contributed by atoms with Crippen LogP contribution in [0.3, 0.4) is 0 Å². The minimum atomic E-state index is -0.320. The van der Waals surface area contributed by atoms with E-state index >= 15 is 0 Å². The zero-order valence-corrected chi connectivity index (χ0v) is 11.7. The fourth-order valence-electron chi connectivity index (χ4n) is 1.95. The van der Waals surface area contributed by atoms with Crippen molar-refractivity contribution in [2.24, 2.45) is 0 Å². The number of amides is 2. The van der Waals surface area contributed by atoms with Crippen molar-refractivity contribution in [2.75, 3.05) is 19.0 Å². The molecular formula is C16H17FN2O2. The number of anilines is 1. The molecule has 2 aromatic rings. The molecule has 0 atom stereocenters. The summed E-state index contributed by atoms with van der Waals surface area (Å²) in [7, 11) is 1.53. The molecular weight excluding hydrogens is 271 g/mol. The summed E-state index contributed by atoms with van der Waals surface area (Å²) in [6.45, 7) is 0.387. The lowest BCUT2D eigenvalue weighted by Crippen LogP contribution is -2.30. The van der Waals surface area contributed by atoms with Crippen LogP contribution in [0.15, 0.2) is 48.5 Å². The summed E-state index contributed by atoms with van der Waals surface area (Å²) in [5.41, 5.74) is 1.44. The minimum Gasteiger partial charge on any atom is -0.496 e. The Morgan fingerprint density at radius 1 is 1.19 bits per heavy atom. The molecule has 0 aromatic heterocycles. The van der Waals surface area contributed by atoms with Gasteiger partial charge in [0.05, 0.1) is 7.11 Å². The molecule has 0 spiro atoms. The molecule has 0 fully saturated rings. The Labute approximate surface area is 122 Å². The van der Waals surface area contributed by atoms with E-state index in [-0.39, 0.29) is 11.8 Å². The third kappa shape index (κ3) is 4.49. The summed E-state index contributed by atoms with van der Waals surface area (Å²) >= 11 is 0. The molecule has 0 heterocycles. The van der Waals surface area contributed by atoms with Gasteiger partial charge in [-0.2, -0.15) is 0 Å². The second-order valence-corrected chi connectivity index (χ2v) is 4.45. The standard InChI is InChI=1S/C16H17FN2O2/c1-21-15-8-7-13(17)11-12(15)9-10-18-16(20)19-14-5-3-2-4-6-14/h2-8,11H,9-10H2,1H3,(H2,18,19,20). The zero-order valence-electron chi connectivity index (χ0n) is 11.7. The number of methoxy groups -OCH3 is 1. The van der Waals surface area contributed by atoms with Crippen LogP contribution in [0.2, 0.25) is 0 Å². The first-order chi connectivity index (χ1) is 10.2. The van der Waals surface area contributed by atoms with Crippen LogP contribution in [0.1, 0.15) is 5.56 Å². The molecule has 0 unspecified atom stereocenters. The Morgan fingerprint density at radius 2 is 1.95 bits per heavy atom. The summed E-state index contributed by atoms with van der Waals surface area (Å²) in [5, 5.41) is 5.44. The second-order valence-electron chi connectivity index (χ2n) is 4.45. The maximum atomic E-state index is 13.2. The molecule has 2 N–H and O–H groups in total. The Hall–Kier alpha value is -2.56. The maximum Gasteiger partial charge on any atom is 0.319 e. The Morgan fingerprint density at radius 3 is 2.67 bits per heavy atom. The van der Waals surface area contributed by atoms with Gasteiger partial charge in [-0.3, -0.25) is 0 Å². The number of benzene rings is 2. The van der Waals surface area contributed by atoms with Gasteiger partial charge in [0.2, 0.25) is 0 Å². The van der Waals surface area contributed by atoms with Crippen molar-refractivity contribution in [3.63, 3.8) is 0 Å². The van der Waals surface area contributed by atoms with E-state index in [0.717, 1.165) is 11.3 Å². The number of halogens is 1. The predicted molar refractivity (Wildman–Crippen MR) is 80.1 cm³/mol. The van der Waals surface area contributed by atoms with Gasteiger partial charge in [0.1, 0.15) is 11.6 Å². The van der Waals surface area contributed by atoms with Gasteiger partial charge < -0.3 is 15.4 Å². The molecule has 5 heteroatoms.